The molecule has 0 bridgehead atoms. The predicted molar refractivity (Wildman–Crippen MR) is 187 cm³/mol. The Hall–Kier alpha value is -4.68. The molecular formula is C44H34. The van der Waals surface area contributed by atoms with E-state index in [-0.39, 0.29) is 5.41 Å². The van der Waals surface area contributed by atoms with Crippen LogP contribution in [0.3, 0.4) is 0 Å². The van der Waals surface area contributed by atoms with Crippen molar-refractivity contribution in [1.82, 2.24) is 0 Å². The molecule has 10 rings (SSSR count). The Balaban J connectivity index is 1.37. The Morgan fingerprint density at radius 1 is 0.545 bits per heavy atom. The third-order valence-electron chi connectivity index (χ3n) is 11.0. The van der Waals surface area contributed by atoms with Crippen LogP contribution in [0.1, 0.15) is 33.6 Å². The highest BCUT2D eigenvalue weighted by atomic mass is 14.5. The number of fused-ring (bicyclic) bond motifs is 5. The van der Waals surface area contributed by atoms with E-state index >= 15 is 0 Å². The van der Waals surface area contributed by atoms with Gasteiger partial charge < -0.3 is 0 Å². The summed E-state index contributed by atoms with van der Waals surface area (Å²) in [6, 6.07) is 32.4. The van der Waals surface area contributed by atoms with Gasteiger partial charge >= 0.3 is 0 Å². The Morgan fingerprint density at radius 2 is 1.07 bits per heavy atom. The summed E-state index contributed by atoms with van der Waals surface area (Å²) in [5, 5.41) is 13.7. The maximum Gasteiger partial charge on any atom is 0.0218 e. The van der Waals surface area contributed by atoms with E-state index in [2.05, 4.69) is 136 Å². The molecule has 5 aromatic rings. The molecule has 0 heterocycles. The second-order valence-corrected chi connectivity index (χ2v) is 14.4. The molecule has 0 saturated carbocycles. The summed E-state index contributed by atoms with van der Waals surface area (Å²) in [5.74, 6) is 0.701. The van der Waals surface area contributed by atoms with Gasteiger partial charge in [0.25, 0.3) is 0 Å². The zero-order valence-electron chi connectivity index (χ0n) is 25.5. The smallest absolute Gasteiger partial charge is 0.0218 e. The minimum Gasteiger partial charge on any atom is -0.0836 e. The molecule has 0 nitrogen and oxygen atoms in total. The van der Waals surface area contributed by atoms with Gasteiger partial charge in [-0.15, -0.1) is 0 Å². The Bertz CT molecular complexity index is 2570. The lowest BCUT2D eigenvalue weighted by molar-refractivity contribution is 0.477. The fourth-order valence-electron chi connectivity index (χ4n) is 9.07. The average molecular weight is 563 g/mol. The highest BCUT2D eigenvalue weighted by Crippen LogP contribution is 2.54. The SMILES string of the molecule is CC(C)(C)C1=C(C2=CC3=c4cc5cc6ccccc6cc5cc4=C4C=CC5=c6cc7ccccc7cc6=C2C5C43)C=CCC1. The minimum absolute atomic E-state index is 0.120. The molecule has 0 heteroatoms. The topological polar surface area (TPSA) is 0 Å². The van der Waals surface area contributed by atoms with E-state index < -0.39 is 0 Å². The summed E-state index contributed by atoms with van der Waals surface area (Å²) in [7, 11) is 0. The number of hydrogen-bond acceptors (Lipinski definition) is 0. The molecule has 0 N–H and O–H groups in total. The molecule has 5 aromatic carbocycles. The minimum atomic E-state index is 0.120. The first-order valence-electron chi connectivity index (χ1n) is 16.2. The Labute approximate surface area is 257 Å². The summed E-state index contributed by atoms with van der Waals surface area (Å²) in [6.07, 6.45) is 14.7. The van der Waals surface area contributed by atoms with Crippen molar-refractivity contribution in [2.24, 2.45) is 17.3 Å². The van der Waals surface area contributed by atoms with Crippen LogP contribution < -0.4 is 20.9 Å². The van der Waals surface area contributed by atoms with Crippen molar-refractivity contribution < 1.29 is 0 Å². The molecule has 0 saturated heterocycles. The van der Waals surface area contributed by atoms with E-state index in [1.165, 1.54) is 81.1 Å². The summed E-state index contributed by atoms with van der Waals surface area (Å²) in [4.78, 5) is 0. The van der Waals surface area contributed by atoms with E-state index in [9.17, 15) is 0 Å². The molecule has 2 atom stereocenters. The van der Waals surface area contributed by atoms with Crippen molar-refractivity contribution in [3.05, 3.63) is 153 Å². The number of benzene rings is 5. The van der Waals surface area contributed by atoms with Crippen molar-refractivity contribution in [1.29, 1.82) is 0 Å². The monoisotopic (exact) mass is 562 g/mol. The van der Waals surface area contributed by atoms with Crippen molar-refractivity contribution in [3.63, 3.8) is 0 Å². The molecule has 0 fully saturated rings. The maximum absolute atomic E-state index is 2.62. The van der Waals surface area contributed by atoms with E-state index in [1.807, 2.05) is 0 Å². The zero-order chi connectivity index (χ0) is 29.3. The van der Waals surface area contributed by atoms with Gasteiger partial charge in [-0.3, -0.25) is 0 Å². The molecule has 5 aliphatic rings. The van der Waals surface area contributed by atoms with Crippen LogP contribution in [0.4, 0.5) is 0 Å². The third kappa shape index (κ3) is 3.24. The summed E-state index contributed by atoms with van der Waals surface area (Å²) in [6.45, 7) is 7.20. The first kappa shape index (κ1) is 24.7. The Kier molecular flexibility index (Phi) is 4.77. The van der Waals surface area contributed by atoms with Crippen molar-refractivity contribution in [2.45, 2.75) is 33.6 Å². The van der Waals surface area contributed by atoms with Crippen molar-refractivity contribution in [3.8, 4) is 0 Å². The van der Waals surface area contributed by atoms with Gasteiger partial charge in [-0.25, -0.2) is 0 Å². The molecule has 2 unspecified atom stereocenters. The molecule has 0 amide bonds. The lowest BCUT2D eigenvalue weighted by atomic mass is 9.65. The van der Waals surface area contributed by atoms with Crippen LogP contribution >= 0.6 is 0 Å². The van der Waals surface area contributed by atoms with Gasteiger partial charge in [0.2, 0.25) is 0 Å². The fraction of sp³-hybridized carbons (Fsp3) is 0.182. The van der Waals surface area contributed by atoms with Crippen LogP contribution in [0.2, 0.25) is 0 Å². The van der Waals surface area contributed by atoms with Gasteiger partial charge in [0, 0.05) is 11.8 Å². The van der Waals surface area contributed by atoms with E-state index in [4.69, 9.17) is 0 Å². The molecule has 0 aliphatic heterocycles. The lowest BCUT2D eigenvalue weighted by Gasteiger charge is -2.38. The normalized spacial score (nSPS) is 21.5. The largest absolute Gasteiger partial charge is 0.0836 e. The highest BCUT2D eigenvalue weighted by Gasteiger charge is 2.45. The van der Waals surface area contributed by atoms with Crippen LogP contribution in [0.25, 0.3) is 54.6 Å². The summed E-state index contributed by atoms with van der Waals surface area (Å²) < 4.78 is 0. The number of hydrogen-bond donors (Lipinski definition) is 0. The van der Waals surface area contributed by atoms with Crippen LogP contribution in [0.15, 0.2) is 132 Å². The predicted octanol–water partition coefficient (Wildman–Crippen LogP) is 7.91. The van der Waals surface area contributed by atoms with E-state index in [0.29, 0.717) is 11.8 Å². The van der Waals surface area contributed by atoms with Gasteiger partial charge in [0.1, 0.15) is 0 Å². The highest BCUT2D eigenvalue weighted by molar-refractivity contribution is 6.05. The lowest BCUT2D eigenvalue weighted by Crippen LogP contribution is -2.27. The van der Waals surface area contributed by atoms with Crippen molar-refractivity contribution in [2.75, 3.05) is 0 Å². The molecule has 210 valence electrons. The number of allylic oxidation sites excluding steroid dienone is 8. The van der Waals surface area contributed by atoms with Crippen LogP contribution in [0, 0.1) is 17.3 Å². The van der Waals surface area contributed by atoms with Crippen LogP contribution in [0.5, 0.6) is 0 Å². The van der Waals surface area contributed by atoms with Gasteiger partial charge in [-0.2, -0.15) is 0 Å². The van der Waals surface area contributed by atoms with Crippen LogP contribution in [-0.2, 0) is 0 Å². The Morgan fingerprint density at radius 3 is 1.70 bits per heavy atom. The summed E-state index contributed by atoms with van der Waals surface area (Å²) in [5.41, 5.74) is 10.7. The van der Waals surface area contributed by atoms with Crippen LogP contribution in [-0.4, -0.2) is 0 Å². The fourth-order valence-corrected chi connectivity index (χ4v) is 9.07. The second kappa shape index (κ2) is 8.48. The van der Waals surface area contributed by atoms with Gasteiger partial charge in [0.15, 0.2) is 0 Å². The molecule has 44 heavy (non-hydrogen) atoms. The molecule has 0 spiro atoms. The zero-order valence-corrected chi connectivity index (χ0v) is 25.5. The quantitative estimate of drug-likeness (QED) is 0.182. The van der Waals surface area contributed by atoms with E-state index in [1.54, 1.807) is 11.1 Å². The maximum atomic E-state index is 2.62. The van der Waals surface area contributed by atoms with Gasteiger partial charge in [-0.05, 0) is 147 Å². The van der Waals surface area contributed by atoms with Gasteiger partial charge in [0.05, 0.1) is 0 Å². The second-order valence-electron chi connectivity index (χ2n) is 14.4. The average Bonchev–Trinajstić information content (AvgIpc) is 3.52. The summed E-state index contributed by atoms with van der Waals surface area (Å²) >= 11 is 0. The van der Waals surface area contributed by atoms with Gasteiger partial charge in [-0.1, -0.05) is 99.2 Å². The van der Waals surface area contributed by atoms with Crippen molar-refractivity contribution >= 4 is 54.6 Å². The molecule has 0 aromatic heterocycles. The molecule has 5 aliphatic carbocycles. The molecular weight excluding hydrogens is 528 g/mol. The third-order valence-corrected chi connectivity index (χ3v) is 11.0. The first-order valence-corrected chi connectivity index (χ1v) is 16.2. The standard InChI is InChI=1S/C44H34/c1-44(2,3)40-15-9-8-14-31(40)38-24-39-36-23-30-19-26-11-5-4-10-25(26)18-29(30)22-34(36)32-16-17-33-35-20-27-12-6-7-13-28(27)21-37(35)42(38)43(33)41(32)39/h4-8,10-14,16-24,41,43H,9,15H2,1-3H3. The first-order chi connectivity index (χ1) is 21.4. The molecule has 0 radical (unpaired) electrons. The van der Waals surface area contributed by atoms with E-state index in [0.717, 1.165) is 12.8 Å². The number of rotatable bonds is 1.